The van der Waals surface area contributed by atoms with E-state index in [1.807, 2.05) is 13.0 Å². The summed E-state index contributed by atoms with van der Waals surface area (Å²) in [6, 6.07) is 15.0. The number of carbonyl (C=O) groups is 1. The van der Waals surface area contributed by atoms with Crippen LogP contribution >= 0.6 is 11.6 Å². The second-order valence-electron chi connectivity index (χ2n) is 8.14. The first-order chi connectivity index (χ1) is 16.9. The van der Waals surface area contributed by atoms with Crippen LogP contribution in [0.1, 0.15) is 35.3 Å². The van der Waals surface area contributed by atoms with Crippen molar-refractivity contribution in [1.29, 1.82) is 0 Å². The molecule has 0 aliphatic heterocycles. The summed E-state index contributed by atoms with van der Waals surface area (Å²) in [6.45, 7) is 7.90. The van der Waals surface area contributed by atoms with Gasteiger partial charge in [-0.15, -0.1) is 0 Å². The smallest absolute Gasteiger partial charge is 0.263 e. The molecule has 0 radical (unpaired) electrons. The molecule has 0 aliphatic carbocycles. The molecule has 192 valence electrons. The molecular weight excluding hydrogens is 522 g/mol. The van der Waals surface area contributed by atoms with Crippen molar-refractivity contribution in [3.63, 3.8) is 0 Å². The van der Waals surface area contributed by atoms with Crippen LogP contribution < -0.4 is 10.0 Å². The van der Waals surface area contributed by atoms with E-state index in [1.54, 1.807) is 32.9 Å². The molecule has 3 rings (SSSR count). The molecule has 0 atom stereocenters. The van der Waals surface area contributed by atoms with Crippen LogP contribution in [0, 0.1) is 13.8 Å². The van der Waals surface area contributed by atoms with Gasteiger partial charge in [-0.05, 0) is 67.9 Å². The van der Waals surface area contributed by atoms with Gasteiger partial charge in [0.05, 0.1) is 15.6 Å². The summed E-state index contributed by atoms with van der Waals surface area (Å²) in [5.74, 6) is -0.575. The molecular formula is C25H28ClN3O5S2. The Hall–Kier alpha value is -2.92. The third-order valence-corrected chi connectivity index (χ3v) is 9.48. The molecule has 0 spiro atoms. The Bertz CT molecular complexity index is 1480. The van der Waals surface area contributed by atoms with Crippen LogP contribution in [0.25, 0.3) is 0 Å². The Morgan fingerprint density at radius 2 is 1.53 bits per heavy atom. The molecule has 0 aliphatic rings. The number of nitrogens with one attached hydrogen (secondary N) is 2. The van der Waals surface area contributed by atoms with E-state index >= 15 is 0 Å². The van der Waals surface area contributed by atoms with E-state index in [1.165, 1.54) is 46.8 Å². The maximum atomic E-state index is 13.0. The molecule has 3 aromatic rings. The van der Waals surface area contributed by atoms with Gasteiger partial charge in [0.1, 0.15) is 4.90 Å². The number of benzene rings is 3. The molecule has 0 saturated heterocycles. The molecule has 0 unspecified atom stereocenters. The van der Waals surface area contributed by atoms with Gasteiger partial charge in [0, 0.05) is 24.3 Å². The first kappa shape index (κ1) is 27.7. The predicted octanol–water partition coefficient (Wildman–Crippen LogP) is 5.04. The summed E-state index contributed by atoms with van der Waals surface area (Å²) < 4.78 is 55.2. The number of sulfonamides is 2. The zero-order valence-electron chi connectivity index (χ0n) is 20.4. The van der Waals surface area contributed by atoms with Gasteiger partial charge in [0.2, 0.25) is 10.0 Å². The largest absolute Gasteiger partial charge is 0.322 e. The summed E-state index contributed by atoms with van der Waals surface area (Å²) in [7, 11) is -7.70. The van der Waals surface area contributed by atoms with Crippen molar-refractivity contribution < 1.29 is 21.6 Å². The van der Waals surface area contributed by atoms with Crippen LogP contribution in [0.15, 0.2) is 70.5 Å². The summed E-state index contributed by atoms with van der Waals surface area (Å²) in [5, 5.41) is 2.62. The molecule has 8 nitrogen and oxygen atoms in total. The van der Waals surface area contributed by atoms with E-state index < -0.39 is 26.0 Å². The number of rotatable bonds is 9. The second-order valence-corrected chi connectivity index (χ2v) is 12.1. The maximum Gasteiger partial charge on any atom is 0.263 e. The van der Waals surface area contributed by atoms with E-state index in [9.17, 15) is 21.6 Å². The minimum atomic E-state index is -4.08. The Balaban J connectivity index is 1.83. The second kappa shape index (κ2) is 11.0. The lowest BCUT2D eigenvalue weighted by molar-refractivity contribution is 0.102. The minimum Gasteiger partial charge on any atom is -0.322 e. The topological polar surface area (TPSA) is 113 Å². The number of aryl methyl sites for hydroxylation is 2. The monoisotopic (exact) mass is 549 g/mol. The molecule has 11 heteroatoms. The number of anilines is 2. The highest BCUT2D eigenvalue weighted by Crippen LogP contribution is 2.27. The summed E-state index contributed by atoms with van der Waals surface area (Å²) in [6.07, 6.45) is 0. The molecule has 0 fully saturated rings. The number of nitrogens with zero attached hydrogens (tertiary/aromatic N) is 1. The van der Waals surface area contributed by atoms with Gasteiger partial charge in [0.15, 0.2) is 0 Å². The zero-order valence-corrected chi connectivity index (χ0v) is 22.8. The number of halogens is 1. The van der Waals surface area contributed by atoms with Crippen LogP contribution in [0.4, 0.5) is 11.4 Å². The molecule has 3 aromatic carbocycles. The fraction of sp³-hybridized carbons (Fsp3) is 0.240. The highest BCUT2D eigenvalue weighted by molar-refractivity contribution is 7.92. The Morgan fingerprint density at radius 3 is 2.11 bits per heavy atom. The van der Waals surface area contributed by atoms with Gasteiger partial charge in [-0.2, -0.15) is 4.31 Å². The third kappa shape index (κ3) is 6.07. The molecule has 2 N–H and O–H groups in total. The highest BCUT2D eigenvalue weighted by atomic mass is 35.5. The van der Waals surface area contributed by atoms with E-state index in [0.29, 0.717) is 24.5 Å². The first-order valence-electron chi connectivity index (χ1n) is 11.2. The molecule has 0 bridgehead atoms. The van der Waals surface area contributed by atoms with Crippen molar-refractivity contribution in [3.8, 4) is 0 Å². The number of hydrogen-bond donors (Lipinski definition) is 2. The van der Waals surface area contributed by atoms with Gasteiger partial charge < -0.3 is 5.32 Å². The van der Waals surface area contributed by atoms with Crippen molar-refractivity contribution in [2.45, 2.75) is 37.5 Å². The highest BCUT2D eigenvalue weighted by Gasteiger charge is 2.23. The molecule has 0 saturated carbocycles. The fourth-order valence-corrected chi connectivity index (χ4v) is 6.72. The molecule has 0 heterocycles. The van der Waals surface area contributed by atoms with Gasteiger partial charge >= 0.3 is 0 Å². The lowest BCUT2D eigenvalue weighted by Crippen LogP contribution is -2.30. The molecule has 1 amide bonds. The van der Waals surface area contributed by atoms with Crippen LogP contribution in [-0.4, -0.2) is 40.1 Å². The Kier molecular flexibility index (Phi) is 8.45. The minimum absolute atomic E-state index is 0.0326. The van der Waals surface area contributed by atoms with Gasteiger partial charge in [0.25, 0.3) is 15.9 Å². The van der Waals surface area contributed by atoms with Crippen LogP contribution in [-0.2, 0) is 20.0 Å². The Morgan fingerprint density at radius 1 is 0.889 bits per heavy atom. The quantitative estimate of drug-likeness (QED) is 0.388. The lowest BCUT2D eigenvalue weighted by Gasteiger charge is -2.18. The van der Waals surface area contributed by atoms with Gasteiger partial charge in [-0.1, -0.05) is 43.1 Å². The molecule has 0 aromatic heterocycles. The van der Waals surface area contributed by atoms with Crippen LogP contribution in [0.5, 0.6) is 0 Å². The van der Waals surface area contributed by atoms with Crippen molar-refractivity contribution in [1.82, 2.24) is 4.31 Å². The third-order valence-electron chi connectivity index (χ3n) is 5.56. The summed E-state index contributed by atoms with van der Waals surface area (Å²) in [5.41, 5.74) is 2.57. The normalized spacial score (nSPS) is 11.9. The predicted molar refractivity (Wildman–Crippen MR) is 143 cm³/mol. The summed E-state index contributed by atoms with van der Waals surface area (Å²) >= 11 is 6.17. The van der Waals surface area contributed by atoms with Crippen molar-refractivity contribution in [2.24, 2.45) is 0 Å². The van der Waals surface area contributed by atoms with Crippen molar-refractivity contribution >= 4 is 48.9 Å². The van der Waals surface area contributed by atoms with Crippen LogP contribution in [0.3, 0.4) is 0 Å². The zero-order chi connectivity index (χ0) is 26.7. The number of carbonyl (C=O) groups excluding carboxylic acids is 1. The average molecular weight is 550 g/mol. The van der Waals surface area contributed by atoms with E-state index in [2.05, 4.69) is 10.0 Å². The van der Waals surface area contributed by atoms with E-state index in [0.717, 1.165) is 11.1 Å². The average Bonchev–Trinajstić information content (AvgIpc) is 2.82. The standard InChI is InChI=1S/C25H28ClN3O5S2/c1-5-29(6-2)36(33,34)21-11-9-20(10-12-21)27-25(30)19-8-13-22(26)24(16-19)35(31,32)28-23-14-7-17(3)15-18(23)4/h7-16,28H,5-6H2,1-4H3,(H,27,30). The van der Waals surface area contributed by atoms with Crippen molar-refractivity contribution in [3.05, 3.63) is 82.4 Å². The van der Waals surface area contributed by atoms with Crippen molar-refractivity contribution in [2.75, 3.05) is 23.1 Å². The number of hydrogen-bond acceptors (Lipinski definition) is 5. The van der Waals surface area contributed by atoms with Crippen LogP contribution in [0.2, 0.25) is 5.02 Å². The number of amides is 1. The lowest BCUT2D eigenvalue weighted by atomic mass is 10.1. The maximum absolute atomic E-state index is 13.0. The molecule has 36 heavy (non-hydrogen) atoms. The first-order valence-corrected chi connectivity index (χ1v) is 14.5. The van der Waals surface area contributed by atoms with E-state index in [-0.39, 0.29) is 20.4 Å². The van der Waals surface area contributed by atoms with Gasteiger partial charge in [-0.25, -0.2) is 16.8 Å². The SMILES string of the molecule is CCN(CC)S(=O)(=O)c1ccc(NC(=O)c2ccc(Cl)c(S(=O)(=O)Nc3ccc(C)cc3C)c2)cc1. The van der Waals surface area contributed by atoms with E-state index in [4.69, 9.17) is 11.6 Å². The van der Waals surface area contributed by atoms with Gasteiger partial charge in [-0.3, -0.25) is 9.52 Å². The summed E-state index contributed by atoms with van der Waals surface area (Å²) in [4.78, 5) is 12.7. The Labute approximate surface area is 217 Å². The fourth-order valence-electron chi connectivity index (χ4n) is 3.60.